The van der Waals surface area contributed by atoms with Crippen molar-refractivity contribution in [1.29, 1.82) is 5.26 Å². The molecule has 0 fully saturated rings. The normalized spacial score (nSPS) is 11.4. The summed E-state index contributed by atoms with van der Waals surface area (Å²) in [7, 11) is 0. The van der Waals surface area contributed by atoms with Crippen LogP contribution < -0.4 is 5.32 Å². The van der Waals surface area contributed by atoms with E-state index in [1.54, 1.807) is 24.3 Å². The van der Waals surface area contributed by atoms with Gasteiger partial charge in [-0.25, -0.2) is 0 Å². The smallest absolute Gasteiger partial charge is 0.293 e. The number of benzene rings is 3. The molecule has 6 nitrogen and oxygen atoms in total. The molecule has 0 unspecified atom stereocenters. The van der Waals surface area contributed by atoms with Crippen LogP contribution in [0.1, 0.15) is 56.2 Å². The Morgan fingerprint density at radius 1 is 0.968 bits per heavy atom. The minimum Gasteiger partial charge on any atom is -0.456 e. The van der Waals surface area contributed by atoms with Gasteiger partial charge in [0.2, 0.25) is 0 Å². The Morgan fingerprint density at radius 3 is 2.23 bits per heavy atom. The third-order valence-electron chi connectivity index (χ3n) is 5.56. The summed E-state index contributed by atoms with van der Waals surface area (Å²) in [6.45, 7) is 8.43. The summed E-state index contributed by atoms with van der Waals surface area (Å²) in [5.41, 5.74) is 5.00. The number of anilines is 2. The lowest BCUT2D eigenvalue weighted by molar-refractivity contribution is -0.383. The predicted octanol–water partition coefficient (Wildman–Crippen LogP) is 7.36. The molecule has 0 spiro atoms. The highest BCUT2D eigenvalue weighted by atomic mass is 16.6. The monoisotopic (exact) mass is 413 g/mol. The molecule has 6 heteroatoms. The van der Waals surface area contributed by atoms with Gasteiger partial charge in [0.15, 0.2) is 0 Å². The van der Waals surface area contributed by atoms with Crippen molar-refractivity contribution in [2.45, 2.75) is 39.5 Å². The summed E-state index contributed by atoms with van der Waals surface area (Å²) < 4.78 is 5.95. The molecular formula is C25H23N3O3. The lowest BCUT2D eigenvalue weighted by atomic mass is 9.92. The molecule has 0 saturated heterocycles. The van der Waals surface area contributed by atoms with Crippen molar-refractivity contribution in [2.75, 3.05) is 5.32 Å². The molecule has 0 aliphatic rings. The minimum absolute atomic E-state index is 0.0205. The molecule has 0 saturated carbocycles. The second kappa shape index (κ2) is 7.77. The zero-order chi connectivity index (χ0) is 22.3. The van der Waals surface area contributed by atoms with Gasteiger partial charge in [-0.15, -0.1) is 0 Å². The first-order valence-corrected chi connectivity index (χ1v) is 10.3. The molecule has 1 aromatic heterocycles. The molecule has 3 aromatic carbocycles. The highest BCUT2D eigenvalue weighted by molar-refractivity contribution is 6.14. The molecule has 0 radical (unpaired) electrons. The number of nitrogens with zero attached hydrogens (tertiary/aromatic N) is 2. The second-order valence-corrected chi connectivity index (χ2v) is 8.26. The van der Waals surface area contributed by atoms with Gasteiger partial charge in [0, 0.05) is 17.1 Å². The van der Waals surface area contributed by atoms with Crippen molar-refractivity contribution in [3.63, 3.8) is 0 Å². The highest BCUT2D eigenvalue weighted by Gasteiger charge is 2.24. The molecule has 1 heterocycles. The number of para-hydroxylation sites is 1. The number of nitrogens with one attached hydrogen (secondary N) is 1. The average Bonchev–Trinajstić information content (AvgIpc) is 3.11. The number of hydrogen-bond donors (Lipinski definition) is 1. The van der Waals surface area contributed by atoms with Gasteiger partial charge < -0.3 is 9.73 Å². The van der Waals surface area contributed by atoms with E-state index >= 15 is 0 Å². The van der Waals surface area contributed by atoms with Gasteiger partial charge in [-0.05, 0) is 47.2 Å². The summed E-state index contributed by atoms with van der Waals surface area (Å²) >= 11 is 0. The number of fused-ring (bicyclic) bond motifs is 3. The van der Waals surface area contributed by atoms with Crippen molar-refractivity contribution in [3.05, 3.63) is 75.3 Å². The molecule has 156 valence electrons. The van der Waals surface area contributed by atoms with Crippen LogP contribution in [0.4, 0.5) is 17.1 Å². The Kier molecular flexibility index (Phi) is 5.12. The molecule has 0 amide bonds. The zero-order valence-electron chi connectivity index (χ0n) is 17.9. The summed E-state index contributed by atoms with van der Waals surface area (Å²) in [4.78, 5) is 11.6. The van der Waals surface area contributed by atoms with Crippen LogP contribution in [0.5, 0.6) is 0 Å². The molecule has 4 aromatic rings. The van der Waals surface area contributed by atoms with Crippen LogP contribution in [-0.2, 0) is 0 Å². The maximum Gasteiger partial charge on any atom is 0.293 e. The van der Waals surface area contributed by atoms with E-state index in [0.717, 1.165) is 22.2 Å². The Labute approximate surface area is 180 Å². The van der Waals surface area contributed by atoms with Gasteiger partial charge in [0.1, 0.15) is 16.9 Å². The van der Waals surface area contributed by atoms with Gasteiger partial charge in [-0.3, -0.25) is 10.1 Å². The quantitative estimate of drug-likeness (QED) is 0.273. The molecule has 0 aliphatic carbocycles. The van der Waals surface area contributed by atoms with Crippen LogP contribution in [0.2, 0.25) is 0 Å². The van der Waals surface area contributed by atoms with Crippen LogP contribution in [0.15, 0.2) is 52.9 Å². The van der Waals surface area contributed by atoms with E-state index in [4.69, 9.17) is 4.42 Å². The van der Waals surface area contributed by atoms with E-state index in [-0.39, 0.29) is 22.4 Å². The van der Waals surface area contributed by atoms with Gasteiger partial charge >= 0.3 is 0 Å². The molecule has 0 atom stereocenters. The van der Waals surface area contributed by atoms with Crippen LogP contribution in [-0.4, -0.2) is 4.92 Å². The van der Waals surface area contributed by atoms with Crippen molar-refractivity contribution in [1.82, 2.24) is 0 Å². The van der Waals surface area contributed by atoms with Crippen LogP contribution >= 0.6 is 0 Å². The van der Waals surface area contributed by atoms with E-state index in [0.29, 0.717) is 27.8 Å². The van der Waals surface area contributed by atoms with Crippen molar-refractivity contribution in [3.8, 4) is 6.07 Å². The van der Waals surface area contributed by atoms with Crippen molar-refractivity contribution in [2.24, 2.45) is 0 Å². The fourth-order valence-corrected chi connectivity index (χ4v) is 4.03. The Bertz CT molecular complexity index is 1330. The molecule has 0 aliphatic heterocycles. The number of nitro groups is 1. The first kappa shape index (κ1) is 20.4. The van der Waals surface area contributed by atoms with Gasteiger partial charge in [0.05, 0.1) is 21.9 Å². The van der Waals surface area contributed by atoms with Crippen LogP contribution in [0.25, 0.3) is 21.9 Å². The van der Waals surface area contributed by atoms with Gasteiger partial charge in [-0.2, -0.15) is 5.26 Å². The Morgan fingerprint density at radius 2 is 1.65 bits per heavy atom. The summed E-state index contributed by atoms with van der Waals surface area (Å²) in [5.74, 6) is 0.470. The number of nitro benzene ring substituents is 1. The molecule has 31 heavy (non-hydrogen) atoms. The number of hydrogen-bond acceptors (Lipinski definition) is 5. The maximum absolute atomic E-state index is 11.9. The lowest BCUT2D eigenvalue weighted by Gasteiger charge is -2.21. The second-order valence-electron chi connectivity index (χ2n) is 8.26. The van der Waals surface area contributed by atoms with Crippen molar-refractivity contribution >= 4 is 39.0 Å². The van der Waals surface area contributed by atoms with Gasteiger partial charge in [0.25, 0.3) is 5.69 Å². The average molecular weight is 413 g/mol. The Balaban J connectivity index is 2.05. The molecule has 0 bridgehead atoms. The SMILES string of the molecule is CC(C)c1cccc(C(C)C)c1Nc1c([N+](=O)[O-])ccc2oc3cc(C#N)ccc3c12. The Hall–Kier alpha value is -3.85. The van der Waals surface area contributed by atoms with E-state index in [2.05, 4.69) is 51.2 Å². The maximum atomic E-state index is 11.9. The fraction of sp³-hybridized carbons (Fsp3) is 0.240. The van der Waals surface area contributed by atoms with E-state index in [1.807, 2.05) is 6.07 Å². The molecule has 4 rings (SSSR count). The van der Waals surface area contributed by atoms with Gasteiger partial charge in [-0.1, -0.05) is 45.9 Å². The summed E-state index contributed by atoms with van der Waals surface area (Å²) in [6.07, 6.45) is 0. The first-order chi connectivity index (χ1) is 14.8. The highest BCUT2D eigenvalue weighted by Crippen LogP contribution is 2.43. The largest absolute Gasteiger partial charge is 0.456 e. The number of rotatable bonds is 5. The first-order valence-electron chi connectivity index (χ1n) is 10.3. The molecular weight excluding hydrogens is 390 g/mol. The van der Waals surface area contributed by atoms with Crippen LogP contribution in [0, 0.1) is 21.4 Å². The standard InChI is InChI=1S/C25H23N3O3/c1-14(2)17-6-5-7-18(15(3)4)24(17)27-25-20(28(29)30)10-11-21-23(25)19-9-8-16(13-26)12-22(19)31-21/h5-12,14-15,27H,1-4H3. The summed E-state index contributed by atoms with van der Waals surface area (Å²) in [5, 5.41) is 26.0. The fourth-order valence-electron chi connectivity index (χ4n) is 4.03. The number of nitriles is 1. The third kappa shape index (κ3) is 3.49. The van der Waals surface area contributed by atoms with Crippen molar-refractivity contribution < 1.29 is 9.34 Å². The predicted molar refractivity (Wildman–Crippen MR) is 123 cm³/mol. The number of furan rings is 1. The third-order valence-corrected chi connectivity index (χ3v) is 5.56. The minimum atomic E-state index is -0.378. The van der Waals surface area contributed by atoms with E-state index in [9.17, 15) is 15.4 Å². The van der Waals surface area contributed by atoms with E-state index < -0.39 is 0 Å². The topological polar surface area (TPSA) is 92.1 Å². The zero-order valence-corrected chi connectivity index (χ0v) is 17.9. The summed E-state index contributed by atoms with van der Waals surface area (Å²) in [6, 6.07) is 16.5. The van der Waals surface area contributed by atoms with Crippen LogP contribution in [0.3, 0.4) is 0 Å². The lowest BCUT2D eigenvalue weighted by Crippen LogP contribution is -2.05. The van der Waals surface area contributed by atoms with E-state index in [1.165, 1.54) is 6.07 Å². The molecule has 1 N–H and O–H groups in total.